The number of ketones is 1. The molecule has 4 rings (SSSR count). The molecule has 0 bridgehead atoms. The zero-order chi connectivity index (χ0) is 22.0. The Kier molecular flexibility index (Phi) is 6.30. The van der Waals surface area contributed by atoms with Crippen LogP contribution < -0.4 is 15.2 Å². The van der Waals surface area contributed by atoms with Crippen molar-refractivity contribution in [2.75, 3.05) is 25.1 Å². The summed E-state index contributed by atoms with van der Waals surface area (Å²) in [4.78, 5) is 27.6. The third kappa shape index (κ3) is 4.45. The van der Waals surface area contributed by atoms with E-state index in [2.05, 4.69) is 5.10 Å². The van der Waals surface area contributed by atoms with Gasteiger partial charge in [-0.15, -0.1) is 0 Å². The van der Waals surface area contributed by atoms with Crippen LogP contribution in [-0.4, -0.2) is 35.8 Å². The molecule has 1 aliphatic heterocycles. The van der Waals surface area contributed by atoms with Gasteiger partial charge in [0.15, 0.2) is 5.78 Å². The maximum atomic E-state index is 12.8. The van der Waals surface area contributed by atoms with Gasteiger partial charge in [-0.05, 0) is 61.4 Å². The Labute approximate surface area is 190 Å². The zero-order valence-corrected chi connectivity index (χ0v) is 18.4. The number of rotatable bonds is 5. The molecular formula is C23H21Cl2N3O3. The summed E-state index contributed by atoms with van der Waals surface area (Å²) < 4.78 is 6.40. The monoisotopic (exact) mass is 457 g/mol. The molecular weight excluding hydrogens is 437 g/mol. The fraction of sp³-hybridized carbons (Fsp3) is 0.261. The lowest BCUT2D eigenvalue weighted by molar-refractivity contribution is 0.0900. The lowest BCUT2D eigenvalue weighted by atomic mass is 9.88. The lowest BCUT2D eigenvalue weighted by Gasteiger charge is -2.33. The van der Waals surface area contributed by atoms with E-state index in [0.717, 1.165) is 5.75 Å². The van der Waals surface area contributed by atoms with Crippen LogP contribution in [-0.2, 0) is 0 Å². The molecule has 3 aromatic rings. The first kappa shape index (κ1) is 21.4. The highest BCUT2D eigenvalue weighted by molar-refractivity contribution is 6.33. The molecule has 0 aliphatic carbocycles. The summed E-state index contributed by atoms with van der Waals surface area (Å²) in [6, 6.07) is 14.0. The topological polar surface area (TPSA) is 64.4 Å². The molecule has 8 heteroatoms. The van der Waals surface area contributed by atoms with E-state index in [1.807, 2.05) is 4.90 Å². The lowest BCUT2D eigenvalue weighted by Crippen LogP contribution is -2.38. The first-order valence-corrected chi connectivity index (χ1v) is 10.7. The van der Waals surface area contributed by atoms with E-state index in [-0.39, 0.29) is 16.7 Å². The summed E-state index contributed by atoms with van der Waals surface area (Å²) in [5.41, 5.74) is 1.47. The Hall–Kier alpha value is -2.83. The van der Waals surface area contributed by atoms with Crippen molar-refractivity contribution >= 4 is 34.7 Å². The molecule has 1 saturated heterocycles. The van der Waals surface area contributed by atoms with Gasteiger partial charge < -0.3 is 9.64 Å². The normalized spacial score (nSPS) is 14.5. The van der Waals surface area contributed by atoms with Crippen molar-refractivity contribution in [2.24, 2.45) is 5.92 Å². The van der Waals surface area contributed by atoms with Gasteiger partial charge in [-0.1, -0.05) is 23.2 Å². The molecule has 0 N–H and O–H groups in total. The minimum Gasteiger partial charge on any atom is -0.497 e. The van der Waals surface area contributed by atoms with E-state index in [1.54, 1.807) is 61.8 Å². The third-order valence-corrected chi connectivity index (χ3v) is 6.16. The Morgan fingerprint density at radius 1 is 1.03 bits per heavy atom. The zero-order valence-electron chi connectivity index (χ0n) is 16.9. The van der Waals surface area contributed by atoms with Gasteiger partial charge in [0, 0.05) is 29.6 Å². The van der Waals surface area contributed by atoms with Crippen LogP contribution in [0.4, 0.5) is 5.69 Å². The summed E-state index contributed by atoms with van der Waals surface area (Å²) in [6.45, 7) is 1.25. The van der Waals surface area contributed by atoms with Crippen LogP contribution in [0.25, 0.3) is 5.69 Å². The molecule has 0 amide bonds. The quantitative estimate of drug-likeness (QED) is 0.521. The number of aromatic nitrogens is 2. The van der Waals surface area contributed by atoms with E-state index in [9.17, 15) is 9.59 Å². The molecule has 0 radical (unpaired) electrons. The molecule has 2 heterocycles. The van der Waals surface area contributed by atoms with Gasteiger partial charge in [0.1, 0.15) is 10.8 Å². The van der Waals surface area contributed by atoms with E-state index in [0.29, 0.717) is 47.9 Å². The van der Waals surface area contributed by atoms with Crippen LogP contribution in [0.15, 0.2) is 59.5 Å². The standard InChI is InChI=1S/C23H21Cl2N3O3/c1-31-19-8-2-15(3-9-19)22(29)16-10-12-27(13-11-16)20-14-26-28(23(30)21(20)25)18-6-4-17(24)5-7-18/h2-9,14,16H,10-13H2,1H3. The van der Waals surface area contributed by atoms with Gasteiger partial charge in [0.2, 0.25) is 0 Å². The fourth-order valence-electron chi connectivity index (χ4n) is 3.78. The van der Waals surface area contributed by atoms with Gasteiger partial charge in [-0.3, -0.25) is 9.59 Å². The van der Waals surface area contributed by atoms with E-state index < -0.39 is 5.56 Å². The van der Waals surface area contributed by atoms with E-state index in [1.165, 1.54) is 4.68 Å². The van der Waals surface area contributed by atoms with Crippen molar-refractivity contribution < 1.29 is 9.53 Å². The molecule has 160 valence electrons. The van der Waals surface area contributed by atoms with Crippen LogP contribution in [0.3, 0.4) is 0 Å². The smallest absolute Gasteiger partial charge is 0.292 e. The van der Waals surface area contributed by atoms with E-state index >= 15 is 0 Å². The molecule has 0 spiro atoms. The van der Waals surface area contributed by atoms with Gasteiger partial charge in [0.05, 0.1) is 24.7 Å². The van der Waals surface area contributed by atoms with Crippen LogP contribution in [0.5, 0.6) is 5.75 Å². The molecule has 0 atom stereocenters. The molecule has 2 aromatic carbocycles. The predicted molar refractivity (Wildman–Crippen MR) is 122 cm³/mol. The number of anilines is 1. The first-order chi connectivity index (χ1) is 15.0. The fourth-order valence-corrected chi connectivity index (χ4v) is 4.16. The molecule has 6 nitrogen and oxygen atoms in total. The van der Waals surface area contributed by atoms with Gasteiger partial charge in [0.25, 0.3) is 5.56 Å². The number of carbonyl (C=O) groups excluding carboxylic acids is 1. The maximum absolute atomic E-state index is 12.8. The Bertz CT molecular complexity index is 1140. The highest BCUT2D eigenvalue weighted by Gasteiger charge is 2.27. The number of halogens is 2. The number of hydrogen-bond acceptors (Lipinski definition) is 5. The molecule has 0 saturated carbocycles. The second-order valence-electron chi connectivity index (χ2n) is 7.39. The minimum absolute atomic E-state index is 0.0641. The summed E-state index contributed by atoms with van der Waals surface area (Å²) in [7, 11) is 1.60. The SMILES string of the molecule is COc1ccc(C(=O)C2CCN(c3cnn(-c4ccc(Cl)cc4)c(=O)c3Cl)CC2)cc1. The van der Waals surface area contributed by atoms with Crippen molar-refractivity contribution in [2.45, 2.75) is 12.8 Å². The number of hydrogen-bond donors (Lipinski definition) is 0. The van der Waals surface area contributed by atoms with E-state index in [4.69, 9.17) is 27.9 Å². The van der Waals surface area contributed by atoms with Crippen LogP contribution in [0.1, 0.15) is 23.2 Å². The largest absolute Gasteiger partial charge is 0.497 e. The molecule has 1 fully saturated rings. The molecule has 31 heavy (non-hydrogen) atoms. The van der Waals surface area contributed by atoms with Gasteiger partial charge in [-0.25, -0.2) is 0 Å². The molecule has 0 unspecified atom stereocenters. The van der Waals surface area contributed by atoms with Crippen molar-refractivity contribution in [3.8, 4) is 11.4 Å². The minimum atomic E-state index is -0.391. The summed E-state index contributed by atoms with van der Waals surface area (Å²) in [5, 5.41) is 4.98. The number of carbonyl (C=O) groups is 1. The van der Waals surface area contributed by atoms with Gasteiger partial charge >= 0.3 is 0 Å². The first-order valence-electron chi connectivity index (χ1n) is 9.95. The summed E-state index contributed by atoms with van der Waals surface area (Å²) in [5.74, 6) is 0.789. The van der Waals surface area contributed by atoms with Crippen LogP contribution >= 0.6 is 23.2 Å². The average molecular weight is 458 g/mol. The van der Waals surface area contributed by atoms with Crippen LogP contribution in [0.2, 0.25) is 10.0 Å². The highest BCUT2D eigenvalue weighted by Crippen LogP contribution is 2.29. The second-order valence-corrected chi connectivity index (χ2v) is 8.21. The van der Waals surface area contributed by atoms with Crippen molar-refractivity contribution in [3.05, 3.63) is 80.7 Å². The summed E-state index contributed by atoms with van der Waals surface area (Å²) >= 11 is 12.3. The molecule has 1 aromatic heterocycles. The number of methoxy groups -OCH3 is 1. The number of ether oxygens (including phenoxy) is 1. The highest BCUT2D eigenvalue weighted by atomic mass is 35.5. The predicted octanol–water partition coefficient (Wildman–Crippen LogP) is 4.65. The van der Waals surface area contributed by atoms with Gasteiger partial charge in [-0.2, -0.15) is 9.78 Å². The van der Waals surface area contributed by atoms with Crippen molar-refractivity contribution in [1.29, 1.82) is 0 Å². The van der Waals surface area contributed by atoms with Crippen molar-refractivity contribution in [1.82, 2.24) is 9.78 Å². The molecule has 1 aliphatic rings. The number of benzene rings is 2. The Balaban J connectivity index is 1.47. The Morgan fingerprint density at radius 3 is 2.29 bits per heavy atom. The summed E-state index contributed by atoms with van der Waals surface area (Å²) in [6.07, 6.45) is 2.97. The second kappa shape index (κ2) is 9.12. The number of Topliss-reactive ketones (excluding diaryl/α,β-unsaturated/α-hetero) is 1. The van der Waals surface area contributed by atoms with Crippen LogP contribution in [0, 0.1) is 5.92 Å². The average Bonchev–Trinajstić information content (AvgIpc) is 2.81. The number of piperidine rings is 1. The third-order valence-electron chi connectivity index (χ3n) is 5.55. The maximum Gasteiger partial charge on any atom is 0.292 e. The van der Waals surface area contributed by atoms with Crippen molar-refractivity contribution in [3.63, 3.8) is 0 Å². The Morgan fingerprint density at radius 2 is 1.68 bits per heavy atom. The number of nitrogens with zero attached hydrogens (tertiary/aromatic N) is 3.